The number of rotatable bonds is 1. The highest BCUT2D eigenvalue weighted by Gasteiger charge is 2.38. The summed E-state index contributed by atoms with van der Waals surface area (Å²) in [6.45, 7) is 0.887. The van der Waals surface area contributed by atoms with E-state index in [1.54, 1.807) is 0 Å². The van der Waals surface area contributed by atoms with E-state index in [2.05, 4.69) is 4.90 Å². The third-order valence-electron chi connectivity index (χ3n) is 3.79. The van der Waals surface area contributed by atoms with E-state index in [1.165, 1.54) is 12.5 Å². The topological polar surface area (TPSA) is 29.3 Å². The fraction of sp³-hybridized carbons (Fsp3) is 0.500. The minimum absolute atomic E-state index is 0.0777. The lowest BCUT2D eigenvalue weighted by atomic mass is 10.1. The van der Waals surface area contributed by atoms with Gasteiger partial charge in [0.1, 0.15) is 5.82 Å². The molecule has 2 N–H and O–H groups in total. The molecule has 0 aromatic heterocycles. The Balaban J connectivity index is 2.00. The molecule has 4 heteroatoms. The van der Waals surface area contributed by atoms with E-state index in [0.717, 1.165) is 25.5 Å². The fourth-order valence-electron chi connectivity index (χ4n) is 3.03. The summed E-state index contributed by atoms with van der Waals surface area (Å²) in [4.78, 5) is 2.07. The number of benzene rings is 1. The molecule has 1 aliphatic carbocycles. The number of nitrogen functional groups attached to an aromatic ring is 1. The molecule has 2 aliphatic rings. The average Bonchev–Trinajstić information content (AvgIpc) is 2.84. The Kier molecular flexibility index (Phi) is 2.06. The summed E-state index contributed by atoms with van der Waals surface area (Å²) in [6, 6.07) is 2.61. The maximum atomic E-state index is 13.3. The Labute approximate surface area is 93.0 Å². The molecule has 0 spiro atoms. The van der Waals surface area contributed by atoms with E-state index in [9.17, 15) is 8.78 Å². The van der Waals surface area contributed by atoms with Crippen molar-refractivity contribution in [1.29, 1.82) is 0 Å². The first-order valence-electron chi connectivity index (χ1n) is 5.66. The average molecular weight is 224 g/mol. The summed E-state index contributed by atoms with van der Waals surface area (Å²) in [7, 11) is 0. The summed E-state index contributed by atoms with van der Waals surface area (Å²) < 4.78 is 26.5. The summed E-state index contributed by atoms with van der Waals surface area (Å²) in [5, 5.41) is 0. The van der Waals surface area contributed by atoms with E-state index >= 15 is 0 Å². The Hall–Kier alpha value is -1.32. The third-order valence-corrected chi connectivity index (χ3v) is 3.79. The van der Waals surface area contributed by atoms with Crippen molar-refractivity contribution in [3.8, 4) is 0 Å². The number of nitrogens with zero attached hydrogens (tertiary/aromatic N) is 1. The van der Waals surface area contributed by atoms with Crippen molar-refractivity contribution in [3.05, 3.63) is 23.8 Å². The summed E-state index contributed by atoms with van der Waals surface area (Å²) in [5.74, 6) is -0.530. The Morgan fingerprint density at radius 2 is 2.06 bits per heavy atom. The molecule has 0 amide bonds. The maximum Gasteiger partial charge on any atom is 0.151 e. The molecule has 2 fully saturated rings. The van der Waals surface area contributed by atoms with Crippen molar-refractivity contribution in [3.63, 3.8) is 0 Å². The first-order chi connectivity index (χ1) is 7.65. The number of hydrogen-bond donors (Lipinski definition) is 1. The second-order valence-corrected chi connectivity index (χ2v) is 4.81. The summed E-state index contributed by atoms with van der Waals surface area (Å²) in [5.41, 5.74) is 6.29. The minimum atomic E-state index is -0.655. The van der Waals surface area contributed by atoms with Gasteiger partial charge in [0.15, 0.2) is 5.82 Å². The molecule has 16 heavy (non-hydrogen) atoms. The molecule has 3 rings (SSSR count). The van der Waals surface area contributed by atoms with Crippen molar-refractivity contribution in [2.75, 3.05) is 17.2 Å². The van der Waals surface area contributed by atoms with Crippen LogP contribution in [0.1, 0.15) is 19.3 Å². The van der Waals surface area contributed by atoms with Gasteiger partial charge in [0.25, 0.3) is 0 Å². The van der Waals surface area contributed by atoms with Gasteiger partial charge < -0.3 is 10.6 Å². The van der Waals surface area contributed by atoms with Crippen LogP contribution in [0.3, 0.4) is 0 Å². The Morgan fingerprint density at radius 1 is 1.25 bits per heavy atom. The maximum absolute atomic E-state index is 13.3. The number of hydrogen-bond acceptors (Lipinski definition) is 2. The highest BCUT2D eigenvalue weighted by molar-refractivity contribution is 5.69. The normalized spacial score (nSPS) is 27.8. The van der Waals surface area contributed by atoms with E-state index in [4.69, 9.17) is 5.73 Å². The van der Waals surface area contributed by atoms with Gasteiger partial charge in [-0.15, -0.1) is 0 Å². The predicted octanol–water partition coefficient (Wildman–Crippen LogP) is 2.54. The second-order valence-electron chi connectivity index (χ2n) is 4.81. The lowest BCUT2D eigenvalue weighted by Gasteiger charge is -2.30. The van der Waals surface area contributed by atoms with Crippen molar-refractivity contribution in [2.45, 2.75) is 25.3 Å². The van der Waals surface area contributed by atoms with Gasteiger partial charge >= 0.3 is 0 Å². The van der Waals surface area contributed by atoms with Crippen LogP contribution in [0.2, 0.25) is 0 Å². The van der Waals surface area contributed by atoms with Crippen molar-refractivity contribution in [1.82, 2.24) is 0 Å². The summed E-state index contributed by atoms with van der Waals surface area (Å²) in [6.07, 6.45) is 3.48. The molecule has 0 radical (unpaired) electrons. The van der Waals surface area contributed by atoms with E-state index in [1.807, 2.05) is 0 Å². The monoisotopic (exact) mass is 224 g/mol. The highest BCUT2D eigenvalue weighted by atomic mass is 19.1. The second kappa shape index (κ2) is 3.34. The van der Waals surface area contributed by atoms with Gasteiger partial charge in [-0.05, 0) is 31.2 Å². The molecule has 2 atom stereocenters. The number of anilines is 2. The molecule has 1 saturated heterocycles. The van der Waals surface area contributed by atoms with Crippen molar-refractivity contribution in [2.24, 2.45) is 5.92 Å². The highest BCUT2D eigenvalue weighted by Crippen LogP contribution is 2.42. The fourth-order valence-corrected chi connectivity index (χ4v) is 3.03. The standard InChI is InChI=1S/C12H14F2N2/c13-8-4-10(14)12(15)11(5-8)16-6-7-1-2-9(16)3-7/h4-5,7,9H,1-3,6,15H2. The molecular weight excluding hydrogens is 210 g/mol. The van der Waals surface area contributed by atoms with E-state index in [-0.39, 0.29) is 5.69 Å². The van der Waals surface area contributed by atoms with E-state index < -0.39 is 11.6 Å². The predicted molar refractivity (Wildman–Crippen MR) is 59.2 cm³/mol. The molecule has 86 valence electrons. The Bertz CT molecular complexity index is 433. The third kappa shape index (κ3) is 1.36. The van der Waals surface area contributed by atoms with Crippen LogP contribution < -0.4 is 10.6 Å². The van der Waals surface area contributed by atoms with Gasteiger partial charge in [0, 0.05) is 18.7 Å². The van der Waals surface area contributed by atoms with Crippen LogP contribution in [0, 0.1) is 17.6 Å². The lowest BCUT2D eigenvalue weighted by Crippen LogP contribution is -2.32. The van der Waals surface area contributed by atoms with Crippen molar-refractivity contribution < 1.29 is 8.78 Å². The van der Waals surface area contributed by atoms with Crippen LogP contribution in [0.15, 0.2) is 12.1 Å². The lowest BCUT2D eigenvalue weighted by molar-refractivity contribution is 0.547. The molecule has 2 nitrogen and oxygen atoms in total. The van der Waals surface area contributed by atoms with Crippen LogP contribution >= 0.6 is 0 Å². The van der Waals surface area contributed by atoms with Crippen LogP contribution in [0.25, 0.3) is 0 Å². The van der Waals surface area contributed by atoms with Crippen LogP contribution in [-0.2, 0) is 0 Å². The molecule has 1 aliphatic heterocycles. The Morgan fingerprint density at radius 3 is 2.69 bits per heavy atom. The van der Waals surface area contributed by atoms with Gasteiger partial charge in [0.05, 0.1) is 11.4 Å². The molecule has 1 heterocycles. The summed E-state index contributed by atoms with van der Waals surface area (Å²) >= 11 is 0. The zero-order chi connectivity index (χ0) is 11.3. The number of nitrogens with two attached hydrogens (primary N) is 1. The van der Waals surface area contributed by atoms with Crippen LogP contribution in [0.5, 0.6) is 0 Å². The largest absolute Gasteiger partial charge is 0.395 e. The minimum Gasteiger partial charge on any atom is -0.395 e. The first-order valence-corrected chi connectivity index (χ1v) is 5.66. The first kappa shape index (κ1) is 9.87. The molecular formula is C12H14F2N2. The van der Waals surface area contributed by atoms with Crippen molar-refractivity contribution >= 4 is 11.4 Å². The van der Waals surface area contributed by atoms with Gasteiger partial charge in [-0.1, -0.05) is 0 Å². The molecule has 2 unspecified atom stereocenters. The van der Waals surface area contributed by atoms with Gasteiger partial charge in [-0.2, -0.15) is 0 Å². The number of halogens is 2. The molecule has 2 bridgehead atoms. The van der Waals surface area contributed by atoms with Gasteiger partial charge in [0.2, 0.25) is 0 Å². The quantitative estimate of drug-likeness (QED) is 0.743. The smallest absolute Gasteiger partial charge is 0.151 e. The van der Waals surface area contributed by atoms with Gasteiger partial charge in [-0.25, -0.2) is 8.78 Å². The molecule has 1 saturated carbocycles. The molecule has 1 aromatic carbocycles. The molecule has 1 aromatic rings. The zero-order valence-electron chi connectivity index (χ0n) is 8.92. The van der Waals surface area contributed by atoms with Crippen LogP contribution in [0.4, 0.5) is 20.2 Å². The number of piperidine rings is 1. The van der Waals surface area contributed by atoms with Gasteiger partial charge in [-0.3, -0.25) is 0 Å². The van der Waals surface area contributed by atoms with Crippen LogP contribution in [-0.4, -0.2) is 12.6 Å². The number of fused-ring (bicyclic) bond motifs is 2. The van der Waals surface area contributed by atoms with E-state index in [0.29, 0.717) is 17.6 Å². The SMILES string of the molecule is Nc1c(F)cc(F)cc1N1CC2CCC1C2. The zero-order valence-corrected chi connectivity index (χ0v) is 8.92.